The average molecular weight is 1040 g/mol. The first-order valence-corrected chi connectivity index (χ1v) is 32.4. The first-order chi connectivity index (χ1) is 33.9. The minimum absolute atomic E-state index is 0.311. The van der Waals surface area contributed by atoms with Crippen molar-refractivity contribution < 1.29 is 48.3 Å². The number of phosphoric acid groups is 1. The van der Waals surface area contributed by atoms with Crippen LogP contribution in [0.3, 0.4) is 0 Å². The highest BCUT2D eigenvalue weighted by Gasteiger charge is 2.14. The summed E-state index contributed by atoms with van der Waals surface area (Å²) in [5.74, 6) is 0. The molecule has 0 heterocycles. The Morgan fingerprint density at radius 1 is 0.239 bits per heavy atom. The van der Waals surface area contributed by atoms with E-state index < -0.39 is 8.17 Å². The Morgan fingerprint density at radius 3 is 0.465 bits per heavy atom. The van der Waals surface area contributed by atoms with E-state index in [9.17, 15) is 0 Å². The van der Waals surface area contributed by atoms with Crippen molar-refractivity contribution in [2.75, 3.05) is 101 Å². The maximum Gasteiger partial charge on any atom is 0.102 e. The monoisotopic (exact) mass is 1040 g/mol. The highest BCUT2D eigenvalue weighted by molar-refractivity contribution is 7.47. The molecule has 0 saturated heterocycles. The third-order valence-electron chi connectivity index (χ3n) is 14.5. The van der Waals surface area contributed by atoms with Gasteiger partial charge < -0.3 is 43.4 Å². The summed E-state index contributed by atoms with van der Waals surface area (Å²) in [7, 11) is 8.19. The Labute approximate surface area is 446 Å². The zero-order valence-electron chi connectivity index (χ0n) is 49.9. The summed E-state index contributed by atoms with van der Waals surface area (Å²) in [6.45, 7) is 14.1. The van der Waals surface area contributed by atoms with Crippen molar-refractivity contribution in [3.05, 3.63) is 0 Å². The van der Waals surface area contributed by atoms with Crippen molar-refractivity contribution in [3.63, 3.8) is 0 Å². The lowest BCUT2D eigenvalue weighted by Gasteiger charge is -2.31. The van der Waals surface area contributed by atoms with Gasteiger partial charge >= 0.3 is 0 Å². The molecule has 0 amide bonds. The molecule has 0 radical (unpaired) electrons. The number of rotatable bonds is 51. The SMILES string of the molecule is CCCCCCCCCCCCCCCC[N+](C)(C)CCO.CCCCCCCCCCCCCCCC[N+](C)(C)CCO.CCCCCCCCCCCCCCCC[N+](C)(C)CCO.[O-][P+]([O-])([O-])O. The van der Waals surface area contributed by atoms with E-state index in [1.165, 1.54) is 289 Å². The van der Waals surface area contributed by atoms with Crippen LogP contribution in [0.15, 0.2) is 0 Å². The standard InChI is InChI=1S/3C20H44NO.H3O4P/c3*1-4-5-6-7-8-9-10-11-12-13-14-15-16-17-18-21(2,3)19-20-22;1-5(2,3)4/h3*22H,4-20H2,1-3H3;(H3,1,2,3,4)/q3*+1;/p-2. The fraction of sp³-hybridized carbons (Fsp3) is 1.00. The van der Waals surface area contributed by atoms with Crippen molar-refractivity contribution in [1.82, 2.24) is 0 Å². The van der Waals surface area contributed by atoms with E-state index in [-0.39, 0.29) is 0 Å². The van der Waals surface area contributed by atoms with E-state index in [4.69, 9.17) is 34.9 Å². The van der Waals surface area contributed by atoms with Gasteiger partial charge in [-0.25, -0.2) is 0 Å². The van der Waals surface area contributed by atoms with Gasteiger partial charge in [-0.1, -0.05) is 252 Å². The fourth-order valence-corrected chi connectivity index (χ4v) is 9.35. The number of quaternary nitrogens is 3. The molecule has 10 nitrogen and oxygen atoms in total. The molecule has 0 aliphatic heterocycles. The molecule has 4 N–H and O–H groups in total. The lowest BCUT2D eigenvalue weighted by atomic mass is 10.0. The molecule has 0 aliphatic rings. The van der Waals surface area contributed by atoms with Gasteiger partial charge in [0.2, 0.25) is 0 Å². The Balaban J connectivity index is -0.000000451. The number of likely N-dealkylation sites (N-methyl/N-ethyl adjacent to an activating group) is 3. The summed E-state index contributed by atoms with van der Waals surface area (Å²) in [5.41, 5.74) is 0. The Hall–Kier alpha value is 0.0300. The highest BCUT2D eigenvalue weighted by atomic mass is 31.2. The molecule has 0 saturated carbocycles. The van der Waals surface area contributed by atoms with Crippen molar-refractivity contribution >= 4 is 8.17 Å². The molecule has 434 valence electrons. The van der Waals surface area contributed by atoms with Gasteiger partial charge in [-0.2, -0.15) is 0 Å². The first-order valence-electron chi connectivity index (χ1n) is 30.9. The molecular formula is C60H133N3O7P+. The lowest BCUT2D eigenvalue weighted by Crippen LogP contribution is -2.42. The van der Waals surface area contributed by atoms with Gasteiger partial charge in [-0.15, -0.1) is 0 Å². The third-order valence-corrected chi connectivity index (χ3v) is 14.5. The Kier molecular flexibility index (Phi) is 64.7. The van der Waals surface area contributed by atoms with Crippen molar-refractivity contribution in [1.29, 1.82) is 0 Å². The average Bonchev–Trinajstić information content (AvgIpc) is 3.29. The van der Waals surface area contributed by atoms with Gasteiger partial charge in [-0.3, -0.25) is 4.89 Å². The van der Waals surface area contributed by atoms with Gasteiger partial charge in [-0.05, 0) is 46.7 Å². The molecule has 0 unspecified atom stereocenters. The normalized spacial score (nSPS) is 12.0. The minimum Gasteiger partial charge on any atom is -0.663 e. The predicted octanol–water partition coefficient (Wildman–Crippen LogP) is 13.3. The Morgan fingerprint density at radius 2 is 0.352 bits per heavy atom. The lowest BCUT2D eigenvalue weighted by molar-refractivity contribution is -0.890. The number of hydrogen-bond acceptors (Lipinski definition) is 7. The van der Waals surface area contributed by atoms with Crippen LogP contribution in [0.2, 0.25) is 0 Å². The summed E-state index contributed by atoms with van der Waals surface area (Å²) in [6.07, 6.45) is 59.7. The van der Waals surface area contributed by atoms with E-state index in [1.54, 1.807) is 0 Å². The molecule has 0 bridgehead atoms. The van der Waals surface area contributed by atoms with Crippen LogP contribution in [-0.2, 0) is 0 Å². The molecule has 0 fully saturated rings. The van der Waals surface area contributed by atoms with E-state index in [0.29, 0.717) is 19.8 Å². The third kappa shape index (κ3) is 81.6. The summed E-state index contributed by atoms with van der Waals surface area (Å²) in [4.78, 5) is 32.9. The van der Waals surface area contributed by atoms with Crippen LogP contribution in [0.4, 0.5) is 0 Å². The quantitative estimate of drug-likeness (QED) is 0.0269. The number of hydrogen-bond donors (Lipinski definition) is 4. The highest BCUT2D eigenvalue weighted by Crippen LogP contribution is 2.18. The molecule has 0 aromatic carbocycles. The summed E-state index contributed by atoms with van der Waals surface area (Å²) >= 11 is 0. The maximum absolute atomic E-state index is 9.00. The van der Waals surface area contributed by atoms with Gasteiger partial charge in [0.05, 0.1) is 81.7 Å². The molecule has 0 atom stereocenters. The van der Waals surface area contributed by atoms with Crippen molar-refractivity contribution in [2.24, 2.45) is 0 Å². The molecule has 11 heteroatoms. The summed E-state index contributed by atoms with van der Waals surface area (Å²) < 4.78 is 2.90. The zero-order valence-corrected chi connectivity index (χ0v) is 50.8. The van der Waals surface area contributed by atoms with Crippen molar-refractivity contribution in [2.45, 2.75) is 290 Å². The van der Waals surface area contributed by atoms with E-state index >= 15 is 0 Å². The van der Waals surface area contributed by atoms with Crippen LogP contribution < -0.4 is 14.7 Å². The van der Waals surface area contributed by atoms with E-state index in [1.807, 2.05) is 0 Å². The zero-order chi connectivity index (χ0) is 54.1. The second kappa shape index (κ2) is 59.3. The van der Waals surface area contributed by atoms with Crippen LogP contribution in [0, 0.1) is 0 Å². The molecule has 0 rings (SSSR count). The molecule has 71 heavy (non-hydrogen) atoms. The number of nitrogens with zero attached hydrogens (tertiary/aromatic N) is 3. The fourth-order valence-electron chi connectivity index (χ4n) is 9.35. The van der Waals surface area contributed by atoms with E-state index in [0.717, 1.165) is 33.1 Å². The summed E-state index contributed by atoms with van der Waals surface area (Å²) in [6, 6.07) is 0. The number of unbranched alkanes of at least 4 members (excludes halogenated alkanes) is 39. The van der Waals surface area contributed by atoms with Gasteiger partial charge in [0.15, 0.2) is 0 Å². The minimum atomic E-state index is -5.14. The Bertz CT molecular complexity index is 855. The first kappa shape index (κ1) is 77.5. The van der Waals surface area contributed by atoms with Crippen LogP contribution in [0.1, 0.15) is 290 Å². The molecule has 0 aromatic rings. The molecule has 0 aromatic heterocycles. The van der Waals surface area contributed by atoms with Crippen LogP contribution >= 0.6 is 8.17 Å². The second-order valence-corrected chi connectivity index (χ2v) is 24.5. The van der Waals surface area contributed by atoms with Crippen molar-refractivity contribution in [3.8, 4) is 0 Å². The predicted molar refractivity (Wildman–Crippen MR) is 307 cm³/mol. The van der Waals surface area contributed by atoms with Crippen LogP contribution in [0.25, 0.3) is 0 Å². The largest absolute Gasteiger partial charge is 0.663 e. The van der Waals surface area contributed by atoms with Gasteiger partial charge in [0.25, 0.3) is 0 Å². The van der Waals surface area contributed by atoms with Gasteiger partial charge in [0.1, 0.15) is 19.6 Å². The number of aliphatic hydroxyl groups is 3. The maximum atomic E-state index is 9.00. The smallest absolute Gasteiger partial charge is 0.102 e. The number of aliphatic hydroxyl groups excluding tert-OH is 3. The van der Waals surface area contributed by atoms with Crippen LogP contribution in [-0.4, -0.2) is 135 Å². The molecule has 0 aliphatic carbocycles. The second-order valence-electron chi connectivity index (χ2n) is 23.6. The van der Waals surface area contributed by atoms with Crippen LogP contribution in [0.5, 0.6) is 0 Å². The summed E-state index contributed by atoms with van der Waals surface area (Å²) in [5, 5.41) is 27.0. The molecule has 0 spiro atoms. The topological polar surface area (TPSA) is 150 Å². The van der Waals surface area contributed by atoms with Gasteiger partial charge in [0, 0.05) is 0 Å². The molecular weight excluding hydrogens is 906 g/mol. The van der Waals surface area contributed by atoms with E-state index in [2.05, 4.69) is 63.1 Å².